The number of nitriles is 1. The molecule has 0 amide bonds. The molecule has 5 aromatic rings. The molecule has 37 heavy (non-hydrogen) atoms. The van der Waals surface area contributed by atoms with Gasteiger partial charge >= 0.3 is 0 Å². The third kappa shape index (κ3) is 3.08. The second-order valence-corrected chi connectivity index (χ2v) is 12.0. The van der Waals surface area contributed by atoms with Gasteiger partial charge in [0, 0.05) is 17.2 Å². The molecule has 178 valence electrons. The Morgan fingerprint density at radius 3 is 1.70 bits per heavy atom. The van der Waals surface area contributed by atoms with Crippen molar-refractivity contribution in [3.63, 3.8) is 0 Å². The second kappa shape index (κ2) is 7.90. The molecule has 0 radical (unpaired) electrons. The van der Waals surface area contributed by atoms with Crippen LogP contribution in [0.2, 0.25) is 0 Å². The summed E-state index contributed by atoms with van der Waals surface area (Å²) >= 11 is 0. The van der Waals surface area contributed by atoms with Crippen LogP contribution in [0.4, 0.5) is 0 Å². The van der Waals surface area contributed by atoms with Crippen molar-refractivity contribution in [3.8, 4) is 6.07 Å². The standard InChI is InChI=1S/C33H23NO2S/c1-20-14-16-21(17-15-20)37(35,36)19-29-23-9-3-2-8-22(23)28(18-34)32-30-24-10-4-6-12-26(24)31(33(29)32)27-13-7-5-11-25(27)30/h2-17,30-31H,19H2,1H3. The highest BCUT2D eigenvalue weighted by atomic mass is 32.2. The molecule has 4 heteroatoms. The summed E-state index contributed by atoms with van der Waals surface area (Å²) < 4.78 is 27.7. The highest BCUT2D eigenvalue weighted by Crippen LogP contribution is 2.58. The molecule has 3 aliphatic rings. The molecule has 5 aromatic carbocycles. The number of aryl methyl sites for hydroxylation is 1. The van der Waals surface area contributed by atoms with Gasteiger partial charge in [-0.3, -0.25) is 0 Å². The predicted octanol–water partition coefficient (Wildman–Crippen LogP) is 6.98. The van der Waals surface area contributed by atoms with Crippen LogP contribution in [0.25, 0.3) is 10.8 Å². The third-order valence-corrected chi connectivity index (χ3v) is 9.70. The number of fused-ring (bicyclic) bond motifs is 1. The summed E-state index contributed by atoms with van der Waals surface area (Å²) in [5.41, 5.74) is 9.26. The Hall–Kier alpha value is -4.20. The van der Waals surface area contributed by atoms with Gasteiger partial charge in [-0.05, 0) is 63.4 Å². The van der Waals surface area contributed by atoms with Crippen molar-refractivity contribution in [2.45, 2.75) is 29.4 Å². The lowest BCUT2D eigenvalue weighted by Gasteiger charge is -2.44. The van der Waals surface area contributed by atoms with E-state index in [1.54, 1.807) is 12.1 Å². The van der Waals surface area contributed by atoms with E-state index in [1.165, 1.54) is 22.3 Å². The van der Waals surface area contributed by atoms with E-state index in [4.69, 9.17) is 0 Å². The fourth-order valence-electron chi connectivity index (χ4n) is 6.51. The van der Waals surface area contributed by atoms with E-state index in [0.717, 1.165) is 33.0 Å². The molecular formula is C33H23NO2S. The molecule has 0 spiro atoms. The Morgan fingerprint density at radius 1 is 0.676 bits per heavy atom. The van der Waals surface area contributed by atoms with Gasteiger partial charge in [0.2, 0.25) is 0 Å². The smallest absolute Gasteiger partial charge is 0.182 e. The summed E-state index contributed by atoms with van der Waals surface area (Å²) in [5.74, 6) is -0.335. The van der Waals surface area contributed by atoms with E-state index in [2.05, 4.69) is 54.6 Å². The molecule has 0 fully saturated rings. The van der Waals surface area contributed by atoms with Crippen molar-refractivity contribution in [2.75, 3.05) is 0 Å². The van der Waals surface area contributed by atoms with Gasteiger partial charge in [-0.25, -0.2) is 8.42 Å². The van der Waals surface area contributed by atoms with Crippen LogP contribution in [0.15, 0.2) is 102 Å². The van der Waals surface area contributed by atoms with Gasteiger partial charge in [0.15, 0.2) is 9.84 Å². The molecular weight excluding hydrogens is 474 g/mol. The highest BCUT2D eigenvalue weighted by molar-refractivity contribution is 7.90. The van der Waals surface area contributed by atoms with Crippen LogP contribution in [-0.4, -0.2) is 8.42 Å². The molecule has 2 bridgehead atoms. The average Bonchev–Trinajstić information content (AvgIpc) is 2.93. The Morgan fingerprint density at radius 2 is 1.16 bits per heavy atom. The van der Waals surface area contributed by atoms with Crippen LogP contribution < -0.4 is 0 Å². The van der Waals surface area contributed by atoms with Crippen molar-refractivity contribution in [3.05, 3.63) is 147 Å². The molecule has 3 aliphatic carbocycles. The number of benzene rings is 5. The Kier molecular flexibility index (Phi) is 4.70. The summed E-state index contributed by atoms with van der Waals surface area (Å²) in [6, 6.07) is 34.2. The predicted molar refractivity (Wildman–Crippen MR) is 146 cm³/mol. The zero-order valence-electron chi connectivity index (χ0n) is 20.3. The molecule has 0 aliphatic heterocycles. The number of hydrogen-bond donors (Lipinski definition) is 0. The van der Waals surface area contributed by atoms with E-state index < -0.39 is 9.84 Å². The number of sulfone groups is 1. The van der Waals surface area contributed by atoms with Gasteiger partial charge in [-0.15, -0.1) is 0 Å². The lowest BCUT2D eigenvalue weighted by molar-refractivity contribution is 0.595. The van der Waals surface area contributed by atoms with E-state index in [9.17, 15) is 13.7 Å². The van der Waals surface area contributed by atoms with Gasteiger partial charge < -0.3 is 0 Å². The van der Waals surface area contributed by atoms with Gasteiger partial charge in [0.05, 0.1) is 16.2 Å². The molecule has 0 heterocycles. The molecule has 0 saturated heterocycles. The number of nitrogens with zero attached hydrogens (tertiary/aromatic N) is 1. The van der Waals surface area contributed by atoms with Crippen molar-refractivity contribution < 1.29 is 8.42 Å². The number of hydrogen-bond acceptors (Lipinski definition) is 3. The molecule has 0 saturated carbocycles. The molecule has 0 atom stereocenters. The first kappa shape index (κ1) is 22.0. The van der Waals surface area contributed by atoms with E-state index in [1.807, 2.05) is 43.3 Å². The van der Waals surface area contributed by atoms with E-state index in [-0.39, 0.29) is 17.6 Å². The molecule has 0 N–H and O–H groups in total. The zero-order valence-corrected chi connectivity index (χ0v) is 21.1. The van der Waals surface area contributed by atoms with Crippen molar-refractivity contribution >= 4 is 20.6 Å². The van der Waals surface area contributed by atoms with E-state index >= 15 is 0 Å². The SMILES string of the molecule is Cc1ccc(S(=O)(=O)Cc2c3c(c(C#N)c4ccccc24)C2c4ccccc4C3c3ccccc32)cc1. The van der Waals surface area contributed by atoms with Crippen LogP contribution in [0.5, 0.6) is 0 Å². The quantitative estimate of drug-likeness (QED) is 0.265. The molecule has 0 aromatic heterocycles. The fourth-order valence-corrected chi connectivity index (χ4v) is 7.92. The molecule has 3 nitrogen and oxygen atoms in total. The number of rotatable bonds is 3. The van der Waals surface area contributed by atoms with Gasteiger partial charge in [-0.1, -0.05) is 90.5 Å². The van der Waals surface area contributed by atoms with Crippen molar-refractivity contribution in [2.24, 2.45) is 0 Å². The van der Waals surface area contributed by atoms with Gasteiger partial charge in [0.1, 0.15) is 6.07 Å². The van der Waals surface area contributed by atoms with Crippen molar-refractivity contribution in [1.82, 2.24) is 0 Å². The van der Waals surface area contributed by atoms with Crippen LogP contribution in [0, 0.1) is 18.3 Å². The van der Waals surface area contributed by atoms with E-state index in [0.29, 0.717) is 10.5 Å². The summed E-state index contributed by atoms with van der Waals surface area (Å²) in [6.07, 6.45) is 0. The largest absolute Gasteiger partial charge is 0.223 e. The first-order valence-electron chi connectivity index (χ1n) is 12.4. The fraction of sp³-hybridized carbons (Fsp3) is 0.121. The normalized spacial score (nSPS) is 17.1. The summed E-state index contributed by atoms with van der Waals surface area (Å²) in [7, 11) is -3.63. The van der Waals surface area contributed by atoms with Crippen LogP contribution in [0.1, 0.15) is 61.9 Å². The molecule has 0 unspecified atom stereocenters. The minimum atomic E-state index is -3.63. The zero-order chi connectivity index (χ0) is 25.3. The molecule has 8 rings (SSSR count). The topological polar surface area (TPSA) is 57.9 Å². The highest BCUT2D eigenvalue weighted by Gasteiger charge is 2.44. The van der Waals surface area contributed by atoms with Gasteiger partial charge in [-0.2, -0.15) is 5.26 Å². The maximum Gasteiger partial charge on any atom is 0.182 e. The minimum absolute atomic E-state index is 0.104. The second-order valence-electron chi connectivity index (χ2n) is 10.0. The van der Waals surface area contributed by atoms with Crippen LogP contribution in [0.3, 0.4) is 0 Å². The maximum absolute atomic E-state index is 13.8. The summed E-state index contributed by atoms with van der Waals surface area (Å²) in [4.78, 5) is 0.321. The van der Waals surface area contributed by atoms with Gasteiger partial charge in [0.25, 0.3) is 0 Å². The lowest BCUT2D eigenvalue weighted by Crippen LogP contribution is -2.30. The monoisotopic (exact) mass is 497 g/mol. The Balaban J connectivity index is 1.59. The third-order valence-electron chi connectivity index (χ3n) is 8.05. The van der Waals surface area contributed by atoms with Crippen LogP contribution in [-0.2, 0) is 15.6 Å². The minimum Gasteiger partial charge on any atom is -0.223 e. The first-order chi connectivity index (χ1) is 18.0. The van der Waals surface area contributed by atoms with Crippen LogP contribution >= 0.6 is 0 Å². The summed E-state index contributed by atoms with van der Waals surface area (Å²) in [5, 5.41) is 12.1. The average molecular weight is 498 g/mol. The maximum atomic E-state index is 13.8. The van der Waals surface area contributed by atoms with Crippen molar-refractivity contribution in [1.29, 1.82) is 5.26 Å². The Bertz CT molecular complexity index is 1850. The lowest BCUT2D eigenvalue weighted by atomic mass is 9.59. The Labute approximate surface area is 216 Å². The first-order valence-corrected chi connectivity index (χ1v) is 14.1. The summed E-state index contributed by atoms with van der Waals surface area (Å²) in [6.45, 7) is 1.95.